The fourth-order valence-corrected chi connectivity index (χ4v) is 2.50. The Morgan fingerprint density at radius 1 is 1.43 bits per heavy atom. The van der Waals surface area contributed by atoms with Crippen LogP contribution < -0.4 is 0 Å². The second-order valence-electron chi connectivity index (χ2n) is 5.19. The Kier molecular flexibility index (Phi) is 2.53. The highest BCUT2D eigenvalue weighted by Gasteiger charge is 2.30. The second kappa shape index (κ2) is 4.41. The quantitative estimate of drug-likeness (QED) is 0.788. The van der Waals surface area contributed by atoms with Crippen molar-refractivity contribution in [2.75, 3.05) is 0 Å². The second-order valence-corrected chi connectivity index (χ2v) is 5.19. The van der Waals surface area contributed by atoms with E-state index in [9.17, 15) is 4.79 Å². The molecule has 3 aromatic rings. The third-order valence-corrected chi connectivity index (χ3v) is 3.67. The van der Waals surface area contributed by atoms with Crippen LogP contribution in [-0.2, 0) is 6.54 Å². The summed E-state index contributed by atoms with van der Waals surface area (Å²) >= 11 is 0. The van der Waals surface area contributed by atoms with E-state index < -0.39 is 5.97 Å². The first-order valence-corrected chi connectivity index (χ1v) is 6.71. The minimum absolute atomic E-state index is 0.244. The molecule has 2 heterocycles. The number of aromatic carboxylic acids is 1. The zero-order valence-electron chi connectivity index (χ0n) is 11.1. The van der Waals surface area contributed by atoms with E-state index in [1.54, 1.807) is 18.2 Å². The van der Waals surface area contributed by atoms with Gasteiger partial charge in [0.05, 0.1) is 23.1 Å². The van der Waals surface area contributed by atoms with Crippen molar-refractivity contribution >= 4 is 17.0 Å². The third kappa shape index (κ3) is 2.06. The lowest BCUT2D eigenvalue weighted by molar-refractivity contribution is 0.0697. The molecule has 106 valence electrons. The maximum absolute atomic E-state index is 11.1. The maximum Gasteiger partial charge on any atom is 0.335 e. The molecule has 1 aliphatic rings. The van der Waals surface area contributed by atoms with E-state index in [2.05, 4.69) is 15.1 Å². The number of fused-ring (bicyclic) bond motifs is 1. The van der Waals surface area contributed by atoms with Crippen molar-refractivity contribution < 1.29 is 14.4 Å². The predicted molar refractivity (Wildman–Crippen MR) is 72.1 cm³/mol. The summed E-state index contributed by atoms with van der Waals surface area (Å²) in [5, 5.41) is 12.9. The van der Waals surface area contributed by atoms with Gasteiger partial charge in [-0.2, -0.15) is 4.98 Å². The lowest BCUT2D eigenvalue weighted by Crippen LogP contribution is -2.05. The molecule has 1 N–H and O–H groups in total. The van der Waals surface area contributed by atoms with Gasteiger partial charge in [-0.3, -0.25) is 0 Å². The Labute approximate surface area is 119 Å². The predicted octanol–water partition coefficient (Wildman–Crippen LogP) is 2.04. The molecule has 1 fully saturated rings. The number of carbonyl (C=O) groups is 1. The van der Waals surface area contributed by atoms with E-state index in [1.807, 2.05) is 4.57 Å². The molecule has 7 nitrogen and oxygen atoms in total. The molecule has 21 heavy (non-hydrogen) atoms. The van der Waals surface area contributed by atoms with Crippen LogP contribution in [0.2, 0.25) is 0 Å². The molecule has 0 radical (unpaired) electrons. The molecule has 2 aromatic heterocycles. The molecule has 0 spiro atoms. The summed E-state index contributed by atoms with van der Waals surface area (Å²) in [4.78, 5) is 19.7. The van der Waals surface area contributed by atoms with Crippen molar-refractivity contribution in [2.24, 2.45) is 0 Å². The first-order valence-electron chi connectivity index (χ1n) is 6.71. The van der Waals surface area contributed by atoms with Gasteiger partial charge in [0.1, 0.15) is 5.82 Å². The van der Waals surface area contributed by atoms with Gasteiger partial charge in [-0.1, -0.05) is 5.16 Å². The lowest BCUT2D eigenvalue weighted by Gasteiger charge is -2.05. The largest absolute Gasteiger partial charge is 0.478 e. The van der Waals surface area contributed by atoms with Crippen LogP contribution in [0.15, 0.2) is 29.1 Å². The number of hydrogen-bond acceptors (Lipinski definition) is 5. The first kappa shape index (κ1) is 12.1. The van der Waals surface area contributed by atoms with E-state index >= 15 is 0 Å². The number of rotatable bonds is 4. The number of carboxylic acids is 1. The molecule has 1 saturated carbocycles. The van der Waals surface area contributed by atoms with Crippen LogP contribution in [0, 0.1) is 0 Å². The van der Waals surface area contributed by atoms with Gasteiger partial charge in [0.25, 0.3) is 0 Å². The molecule has 0 saturated heterocycles. The fourth-order valence-electron chi connectivity index (χ4n) is 2.50. The first-order chi connectivity index (χ1) is 10.2. The Hall–Kier alpha value is -2.70. The number of nitrogens with zero attached hydrogens (tertiary/aromatic N) is 4. The number of aromatic nitrogens is 4. The highest BCUT2D eigenvalue weighted by Crippen LogP contribution is 2.40. The zero-order chi connectivity index (χ0) is 14.4. The van der Waals surface area contributed by atoms with Crippen LogP contribution >= 0.6 is 0 Å². The van der Waals surface area contributed by atoms with Crippen molar-refractivity contribution in [3.05, 3.63) is 41.8 Å². The number of imidazole rings is 1. The highest BCUT2D eigenvalue weighted by molar-refractivity contribution is 5.92. The Balaban J connectivity index is 1.85. The Morgan fingerprint density at radius 3 is 2.95 bits per heavy atom. The van der Waals surface area contributed by atoms with Gasteiger partial charge in [0, 0.05) is 5.92 Å². The van der Waals surface area contributed by atoms with Gasteiger partial charge >= 0.3 is 5.97 Å². The number of benzene rings is 1. The van der Waals surface area contributed by atoms with E-state index in [4.69, 9.17) is 9.63 Å². The summed E-state index contributed by atoms with van der Waals surface area (Å²) in [6.07, 6.45) is 3.52. The Morgan fingerprint density at radius 2 is 2.29 bits per heavy atom. The summed E-state index contributed by atoms with van der Waals surface area (Å²) in [6, 6.07) is 4.99. The van der Waals surface area contributed by atoms with Crippen LogP contribution in [0.3, 0.4) is 0 Å². The molecular formula is C14H12N4O3. The van der Waals surface area contributed by atoms with Crippen molar-refractivity contribution in [1.82, 2.24) is 19.7 Å². The molecule has 0 atom stereocenters. The summed E-state index contributed by atoms with van der Waals surface area (Å²) in [7, 11) is 0. The molecule has 0 amide bonds. The summed E-state index contributed by atoms with van der Waals surface area (Å²) in [5.41, 5.74) is 1.83. The minimum Gasteiger partial charge on any atom is -0.478 e. The topological polar surface area (TPSA) is 94.0 Å². The van der Waals surface area contributed by atoms with E-state index in [0.717, 1.165) is 24.2 Å². The monoisotopic (exact) mass is 284 g/mol. The number of carboxylic acid groups (broad SMARTS) is 1. The van der Waals surface area contributed by atoms with Crippen LogP contribution in [0.4, 0.5) is 0 Å². The molecule has 0 unspecified atom stereocenters. The molecule has 1 aromatic carbocycles. The molecular weight excluding hydrogens is 272 g/mol. The van der Waals surface area contributed by atoms with Crippen LogP contribution in [0.5, 0.6) is 0 Å². The van der Waals surface area contributed by atoms with Crippen LogP contribution in [-0.4, -0.2) is 30.8 Å². The van der Waals surface area contributed by atoms with E-state index in [0.29, 0.717) is 23.8 Å². The van der Waals surface area contributed by atoms with Gasteiger partial charge < -0.3 is 14.2 Å². The smallest absolute Gasteiger partial charge is 0.335 e. The van der Waals surface area contributed by atoms with Crippen molar-refractivity contribution in [3.8, 4) is 0 Å². The van der Waals surface area contributed by atoms with Crippen LogP contribution in [0.25, 0.3) is 11.0 Å². The summed E-state index contributed by atoms with van der Waals surface area (Å²) in [5.74, 6) is 1.05. The third-order valence-electron chi connectivity index (χ3n) is 3.67. The van der Waals surface area contributed by atoms with Gasteiger partial charge in [-0.05, 0) is 31.0 Å². The standard InChI is InChI=1S/C14H12N4O3/c19-14(20)9-3-4-11-10(5-9)16-13(8-1-2-8)18(11)6-12-15-7-21-17-12/h3-5,7-8H,1-2,6H2,(H,19,20). The van der Waals surface area contributed by atoms with Gasteiger partial charge in [-0.15, -0.1) is 0 Å². The molecule has 4 rings (SSSR count). The zero-order valence-corrected chi connectivity index (χ0v) is 11.1. The fraction of sp³-hybridized carbons (Fsp3) is 0.286. The summed E-state index contributed by atoms with van der Waals surface area (Å²) < 4.78 is 6.81. The average molecular weight is 284 g/mol. The minimum atomic E-state index is -0.947. The molecule has 7 heteroatoms. The van der Waals surface area contributed by atoms with Gasteiger partial charge in [-0.25, -0.2) is 9.78 Å². The summed E-state index contributed by atoms with van der Waals surface area (Å²) in [6.45, 7) is 0.477. The highest BCUT2D eigenvalue weighted by atomic mass is 16.5. The van der Waals surface area contributed by atoms with Crippen molar-refractivity contribution in [2.45, 2.75) is 25.3 Å². The van der Waals surface area contributed by atoms with Gasteiger partial charge in [0.15, 0.2) is 5.82 Å². The lowest BCUT2D eigenvalue weighted by atomic mass is 10.2. The van der Waals surface area contributed by atoms with E-state index in [1.165, 1.54) is 6.39 Å². The average Bonchev–Trinajstić information content (AvgIpc) is 3.07. The van der Waals surface area contributed by atoms with Crippen molar-refractivity contribution in [1.29, 1.82) is 0 Å². The van der Waals surface area contributed by atoms with Crippen molar-refractivity contribution in [3.63, 3.8) is 0 Å². The number of hydrogen-bond donors (Lipinski definition) is 1. The van der Waals surface area contributed by atoms with E-state index in [-0.39, 0.29) is 5.56 Å². The molecule has 0 bridgehead atoms. The normalized spacial score (nSPS) is 14.7. The molecule has 1 aliphatic carbocycles. The molecule has 0 aliphatic heterocycles. The SMILES string of the molecule is O=C(O)c1ccc2c(c1)nc(C1CC1)n2Cc1ncon1. The maximum atomic E-state index is 11.1. The Bertz CT molecular complexity index is 818. The van der Waals surface area contributed by atoms with Crippen LogP contribution in [0.1, 0.15) is 40.8 Å². The van der Waals surface area contributed by atoms with Gasteiger partial charge in [0.2, 0.25) is 6.39 Å².